The normalized spacial score (nSPS) is 11.5. The molecule has 4 nitrogen and oxygen atoms in total. The van der Waals surface area contributed by atoms with Gasteiger partial charge in [-0.2, -0.15) is 0 Å². The van der Waals surface area contributed by atoms with Gasteiger partial charge in [0.2, 0.25) is 11.8 Å². The molecule has 2 N–H and O–H groups in total. The topological polar surface area (TPSA) is 58.2 Å². The lowest BCUT2D eigenvalue weighted by atomic mass is 10.1. The number of para-hydroxylation sites is 1. The summed E-state index contributed by atoms with van der Waals surface area (Å²) in [6, 6.07) is 25.2. The molecule has 5 heteroatoms. The molecular weight excluding hydrogens is 380 g/mol. The Hall–Kier alpha value is -3.05. The molecule has 2 amide bonds. The number of hydrogen-bond donors (Lipinski definition) is 2. The van der Waals surface area contributed by atoms with E-state index in [1.807, 2.05) is 92.7 Å². The third kappa shape index (κ3) is 5.72. The Morgan fingerprint density at radius 2 is 1.41 bits per heavy atom. The fraction of sp³-hybridized carbons (Fsp3) is 0.167. The van der Waals surface area contributed by atoms with E-state index in [1.54, 1.807) is 0 Å². The van der Waals surface area contributed by atoms with Gasteiger partial charge in [-0.15, -0.1) is 11.8 Å². The molecule has 0 aliphatic heterocycles. The van der Waals surface area contributed by atoms with Crippen molar-refractivity contribution in [3.8, 4) is 0 Å². The first-order valence-corrected chi connectivity index (χ1v) is 10.3. The minimum absolute atomic E-state index is 0.0781. The quantitative estimate of drug-likeness (QED) is 0.551. The lowest BCUT2D eigenvalue weighted by Crippen LogP contribution is -2.35. The maximum absolute atomic E-state index is 12.9. The monoisotopic (exact) mass is 404 g/mol. The van der Waals surface area contributed by atoms with E-state index < -0.39 is 5.25 Å². The van der Waals surface area contributed by atoms with Gasteiger partial charge in [-0.25, -0.2) is 0 Å². The summed E-state index contributed by atoms with van der Waals surface area (Å²) < 4.78 is 0. The summed E-state index contributed by atoms with van der Waals surface area (Å²) in [7, 11) is 0. The van der Waals surface area contributed by atoms with Gasteiger partial charge in [0.05, 0.1) is 6.54 Å². The van der Waals surface area contributed by atoms with Gasteiger partial charge in [0.15, 0.2) is 0 Å². The predicted octanol–water partition coefficient (Wildman–Crippen LogP) is 4.89. The Labute approximate surface area is 175 Å². The van der Waals surface area contributed by atoms with E-state index >= 15 is 0 Å². The second-order valence-electron chi connectivity index (χ2n) is 6.75. The van der Waals surface area contributed by atoms with Gasteiger partial charge in [0.25, 0.3) is 0 Å². The zero-order chi connectivity index (χ0) is 20.6. The van der Waals surface area contributed by atoms with Crippen LogP contribution in [0.25, 0.3) is 0 Å². The fourth-order valence-electron chi connectivity index (χ4n) is 2.99. The summed E-state index contributed by atoms with van der Waals surface area (Å²) in [5.74, 6) is -0.436. The van der Waals surface area contributed by atoms with Crippen LogP contribution in [0.15, 0.2) is 83.8 Å². The maximum Gasteiger partial charge on any atom is 0.243 e. The highest BCUT2D eigenvalue weighted by Crippen LogP contribution is 2.35. The van der Waals surface area contributed by atoms with Crippen molar-refractivity contribution >= 4 is 29.3 Å². The van der Waals surface area contributed by atoms with Crippen LogP contribution in [0.1, 0.15) is 21.9 Å². The summed E-state index contributed by atoms with van der Waals surface area (Å²) in [5, 5.41) is 5.25. The number of anilines is 1. The molecule has 0 saturated carbocycles. The predicted molar refractivity (Wildman–Crippen MR) is 119 cm³/mol. The van der Waals surface area contributed by atoms with Crippen LogP contribution in [0.5, 0.6) is 0 Å². The molecule has 0 bridgehead atoms. The Morgan fingerprint density at radius 1 is 0.828 bits per heavy atom. The average Bonchev–Trinajstić information content (AvgIpc) is 2.74. The lowest BCUT2D eigenvalue weighted by molar-refractivity contribution is -0.123. The van der Waals surface area contributed by atoms with Gasteiger partial charge in [-0.1, -0.05) is 66.7 Å². The van der Waals surface area contributed by atoms with Crippen LogP contribution in [-0.4, -0.2) is 18.4 Å². The van der Waals surface area contributed by atoms with Crippen molar-refractivity contribution in [3.63, 3.8) is 0 Å². The maximum atomic E-state index is 12.9. The number of amides is 2. The number of hydrogen-bond acceptors (Lipinski definition) is 3. The molecule has 0 heterocycles. The van der Waals surface area contributed by atoms with Crippen molar-refractivity contribution in [2.75, 3.05) is 11.9 Å². The molecule has 0 saturated heterocycles. The van der Waals surface area contributed by atoms with Crippen molar-refractivity contribution < 1.29 is 9.59 Å². The number of carbonyl (C=O) groups is 2. The third-order valence-electron chi connectivity index (χ3n) is 4.51. The van der Waals surface area contributed by atoms with Crippen LogP contribution >= 0.6 is 11.8 Å². The van der Waals surface area contributed by atoms with E-state index in [4.69, 9.17) is 0 Å². The Balaban J connectivity index is 1.67. The lowest BCUT2D eigenvalue weighted by Gasteiger charge is -2.17. The van der Waals surface area contributed by atoms with Gasteiger partial charge < -0.3 is 10.6 Å². The first-order chi connectivity index (χ1) is 14.0. The van der Waals surface area contributed by atoms with Crippen LogP contribution in [0.3, 0.4) is 0 Å². The van der Waals surface area contributed by atoms with Crippen molar-refractivity contribution in [3.05, 3.63) is 95.6 Å². The highest BCUT2D eigenvalue weighted by atomic mass is 32.2. The third-order valence-corrected chi connectivity index (χ3v) is 5.77. The zero-order valence-corrected chi connectivity index (χ0v) is 17.3. The molecule has 0 aliphatic carbocycles. The van der Waals surface area contributed by atoms with E-state index in [9.17, 15) is 9.59 Å². The summed E-state index contributed by atoms with van der Waals surface area (Å²) in [6.07, 6.45) is 0. The molecule has 148 valence electrons. The first-order valence-electron chi connectivity index (χ1n) is 9.45. The van der Waals surface area contributed by atoms with Gasteiger partial charge >= 0.3 is 0 Å². The molecule has 3 rings (SSSR count). The number of benzene rings is 3. The Bertz CT molecular complexity index is 954. The molecular formula is C24H24N2O2S. The van der Waals surface area contributed by atoms with E-state index in [0.717, 1.165) is 27.3 Å². The van der Waals surface area contributed by atoms with Crippen LogP contribution < -0.4 is 10.6 Å². The first kappa shape index (κ1) is 20.7. The molecule has 1 unspecified atom stereocenters. The van der Waals surface area contributed by atoms with Crippen LogP contribution in [0.4, 0.5) is 5.69 Å². The van der Waals surface area contributed by atoms with E-state index in [1.165, 1.54) is 11.8 Å². The summed E-state index contributed by atoms with van der Waals surface area (Å²) in [5.41, 5.74) is 3.68. The van der Waals surface area contributed by atoms with Crippen LogP contribution in [0, 0.1) is 13.8 Å². The van der Waals surface area contributed by atoms with Crippen molar-refractivity contribution in [1.29, 1.82) is 0 Å². The SMILES string of the molecule is Cc1cccc(C)c1NC(=O)CNC(=O)C(Sc1ccccc1)c1ccccc1. The van der Waals surface area contributed by atoms with Crippen LogP contribution in [0.2, 0.25) is 0 Å². The van der Waals surface area contributed by atoms with E-state index in [-0.39, 0.29) is 18.4 Å². The average molecular weight is 405 g/mol. The molecule has 1 atom stereocenters. The molecule has 0 fully saturated rings. The van der Waals surface area contributed by atoms with Gasteiger partial charge in [0, 0.05) is 10.6 Å². The molecule has 0 aliphatic rings. The minimum Gasteiger partial charge on any atom is -0.346 e. The van der Waals surface area contributed by atoms with Gasteiger partial charge in [-0.3, -0.25) is 9.59 Å². The zero-order valence-electron chi connectivity index (χ0n) is 16.5. The number of nitrogens with one attached hydrogen (secondary N) is 2. The fourth-order valence-corrected chi connectivity index (χ4v) is 4.06. The summed E-state index contributed by atoms with van der Waals surface area (Å²) in [6.45, 7) is 3.82. The number of aryl methyl sites for hydroxylation is 2. The highest BCUT2D eigenvalue weighted by Gasteiger charge is 2.22. The van der Waals surface area contributed by atoms with E-state index in [0.29, 0.717) is 0 Å². The number of rotatable bonds is 7. The van der Waals surface area contributed by atoms with Gasteiger partial charge in [0.1, 0.15) is 5.25 Å². The number of carbonyl (C=O) groups excluding carboxylic acids is 2. The smallest absolute Gasteiger partial charge is 0.243 e. The van der Waals surface area contributed by atoms with Crippen molar-refractivity contribution in [2.45, 2.75) is 24.0 Å². The highest BCUT2D eigenvalue weighted by molar-refractivity contribution is 8.00. The Morgan fingerprint density at radius 3 is 2.03 bits per heavy atom. The molecule has 0 aromatic heterocycles. The van der Waals surface area contributed by atoms with E-state index in [2.05, 4.69) is 10.6 Å². The second kappa shape index (κ2) is 9.94. The molecule has 29 heavy (non-hydrogen) atoms. The summed E-state index contributed by atoms with van der Waals surface area (Å²) in [4.78, 5) is 26.3. The summed E-state index contributed by atoms with van der Waals surface area (Å²) >= 11 is 1.47. The molecule has 3 aromatic rings. The standard InChI is InChI=1S/C24H24N2O2S/c1-17-10-9-11-18(2)22(17)26-21(27)16-25-24(28)23(19-12-5-3-6-13-19)29-20-14-7-4-8-15-20/h3-15,23H,16H2,1-2H3,(H,25,28)(H,26,27). The molecule has 0 spiro atoms. The molecule has 3 aromatic carbocycles. The van der Waals surface area contributed by atoms with Crippen molar-refractivity contribution in [1.82, 2.24) is 5.32 Å². The largest absolute Gasteiger partial charge is 0.346 e. The second-order valence-corrected chi connectivity index (χ2v) is 7.93. The Kier molecular flexibility index (Phi) is 7.09. The molecule has 0 radical (unpaired) electrons. The van der Waals surface area contributed by atoms with Crippen LogP contribution in [-0.2, 0) is 9.59 Å². The number of thioether (sulfide) groups is 1. The minimum atomic E-state index is -0.438. The van der Waals surface area contributed by atoms with Crippen molar-refractivity contribution in [2.24, 2.45) is 0 Å². The van der Waals surface area contributed by atoms with Gasteiger partial charge in [-0.05, 0) is 42.7 Å².